The summed E-state index contributed by atoms with van der Waals surface area (Å²) in [6, 6.07) is 21.0. The molecule has 0 amide bonds. The first-order valence-corrected chi connectivity index (χ1v) is 8.86. The lowest BCUT2D eigenvalue weighted by molar-refractivity contribution is -0.137. The minimum Gasteiger partial charge on any atom is -0.268 e. The SMILES string of the molecule is O=c1c2ccccc2nc(/C=C/c2cccc(C(F)(F)F)c2)n1-c1ccccc1. The highest BCUT2D eigenvalue weighted by atomic mass is 19.4. The third-order valence-electron chi connectivity index (χ3n) is 4.45. The largest absolute Gasteiger partial charge is 0.416 e. The average molecular weight is 392 g/mol. The smallest absolute Gasteiger partial charge is 0.268 e. The van der Waals surface area contributed by atoms with E-state index in [4.69, 9.17) is 0 Å². The van der Waals surface area contributed by atoms with E-state index in [1.165, 1.54) is 16.7 Å². The fraction of sp³-hybridized carbons (Fsp3) is 0.0435. The number of fused-ring (bicyclic) bond motifs is 1. The normalized spacial score (nSPS) is 12.0. The molecule has 1 heterocycles. The average Bonchev–Trinajstić information content (AvgIpc) is 2.72. The van der Waals surface area contributed by atoms with E-state index < -0.39 is 11.7 Å². The van der Waals surface area contributed by atoms with Crippen molar-refractivity contribution < 1.29 is 13.2 Å². The second kappa shape index (κ2) is 7.39. The van der Waals surface area contributed by atoms with Crippen molar-refractivity contribution in [3.05, 3.63) is 106 Å². The molecular formula is C23H15F3N2O. The summed E-state index contributed by atoms with van der Waals surface area (Å²) in [4.78, 5) is 17.6. The third kappa shape index (κ3) is 3.82. The van der Waals surface area contributed by atoms with Crippen molar-refractivity contribution in [3.63, 3.8) is 0 Å². The van der Waals surface area contributed by atoms with E-state index in [1.807, 2.05) is 6.07 Å². The lowest BCUT2D eigenvalue weighted by Gasteiger charge is -2.11. The molecule has 3 nitrogen and oxygen atoms in total. The molecule has 6 heteroatoms. The molecule has 0 atom stereocenters. The molecule has 0 aliphatic rings. The van der Waals surface area contributed by atoms with Crippen LogP contribution in [0.1, 0.15) is 17.0 Å². The van der Waals surface area contributed by atoms with Crippen LogP contribution >= 0.6 is 0 Å². The van der Waals surface area contributed by atoms with Crippen molar-refractivity contribution in [3.8, 4) is 5.69 Å². The van der Waals surface area contributed by atoms with Crippen molar-refractivity contribution in [2.24, 2.45) is 0 Å². The Balaban J connectivity index is 1.87. The fourth-order valence-electron chi connectivity index (χ4n) is 3.08. The Kier molecular flexibility index (Phi) is 4.76. The minimum atomic E-state index is -4.42. The quantitative estimate of drug-likeness (QED) is 0.457. The van der Waals surface area contributed by atoms with Gasteiger partial charge in [0.15, 0.2) is 0 Å². The topological polar surface area (TPSA) is 34.9 Å². The van der Waals surface area contributed by atoms with Crippen LogP contribution in [-0.2, 0) is 6.18 Å². The molecule has 29 heavy (non-hydrogen) atoms. The molecular weight excluding hydrogens is 377 g/mol. The van der Waals surface area contributed by atoms with Gasteiger partial charge in [0.25, 0.3) is 5.56 Å². The Morgan fingerprint density at radius 3 is 2.31 bits per heavy atom. The van der Waals surface area contributed by atoms with Gasteiger partial charge < -0.3 is 0 Å². The van der Waals surface area contributed by atoms with Gasteiger partial charge in [0.05, 0.1) is 22.2 Å². The Bertz CT molecular complexity index is 1260. The van der Waals surface area contributed by atoms with E-state index >= 15 is 0 Å². The second-order valence-electron chi connectivity index (χ2n) is 6.42. The highest BCUT2D eigenvalue weighted by Gasteiger charge is 2.30. The van der Waals surface area contributed by atoms with Crippen LogP contribution in [-0.4, -0.2) is 9.55 Å². The second-order valence-corrected chi connectivity index (χ2v) is 6.42. The van der Waals surface area contributed by atoms with Crippen LogP contribution in [0.3, 0.4) is 0 Å². The van der Waals surface area contributed by atoms with Crippen LogP contribution in [0.5, 0.6) is 0 Å². The number of para-hydroxylation sites is 2. The molecule has 0 aliphatic heterocycles. The Morgan fingerprint density at radius 2 is 1.55 bits per heavy atom. The molecule has 0 bridgehead atoms. The summed E-state index contributed by atoms with van der Waals surface area (Å²) < 4.78 is 40.3. The van der Waals surface area contributed by atoms with Crippen LogP contribution < -0.4 is 5.56 Å². The maximum absolute atomic E-state index is 13.1. The number of halogens is 3. The van der Waals surface area contributed by atoms with Crippen LogP contribution in [0.4, 0.5) is 13.2 Å². The van der Waals surface area contributed by atoms with Crippen molar-refractivity contribution in [1.29, 1.82) is 0 Å². The van der Waals surface area contributed by atoms with E-state index in [0.29, 0.717) is 28.0 Å². The maximum Gasteiger partial charge on any atom is 0.416 e. The third-order valence-corrected chi connectivity index (χ3v) is 4.45. The first kappa shape index (κ1) is 18.7. The summed E-state index contributed by atoms with van der Waals surface area (Å²) in [5, 5.41) is 0.465. The first-order chi connectivity index (χ1) is 13.9. The summed E-state index contributed by atoms with van der Waals surface area (Å²) >= 11 is 0. The van der Waals surface area contributed by atoms with Crippen molar-refractivity contribution in [2.45, 2.75) is 6.18 Å². The van der Waals surface area contributed by atoms with Gasteiger partial charge in [0.2, 0.25) is 0 Å². The van der Waals surface area contributed by atoms with Crippen molar-refractivity contribution in [2.75, 3.05) is 0 Å². The lowest BCUT2D eigenvalue weighted by Crippen LogP contribution is -2.22. The van der Waals surface area contributed by atoms with E-state index in [0.717, 1.165) is 12.1 Å². The van der Waals surface area contributed by atoms with E-state index in [2.05, 4.69) is 4.98 Å². The molecule has 0 saturated heterocycles. The van der Waals surface area contributed by atoms with Gasteiger partial charge in [-0.2, -0.15) is 13.2 Å². The van der Waals surface area contributed by atoms with E-state index in [9.17, 15) is 18.0 Å². The maximum atomic E-state index is 13.1. The van der Waals surface area contributed by atoms with Crippen molar-refractivity contribution >= 4 is 23.1 Å². The molecule has 3 aromatic carbocycles. The van der Waals surface area contributed by atoms with Gasteiger partial charge in [-0.05, 0) is 48.0 Å². The molecule has 144 valence electrons. The van der Waals surface area contributed by atoms with Crippen LogP contribution in [0.15, 0.2) is 83.7 Å². The monoisotopic (exact) mass is 392 g/mol. The number of hydrogen-bond acceptors (Lipinski definition) is 2. The number of aromatic nitrogens is 2. The molecule has 0 N–H and O–H groups in total. The zero-order valence-electron chi connectivity index (χ0n) is 15.1. The highest BCUT2D eigenvalue weighted by Crippen LogP contribution is 2.30. The first-order valence-electron chi connectivity index (χ1n) is 8.86. The number of nitrogens with zero attached hydrogens (tertiary/aromatic N) is 2. The molecule has 4 rings (SSSR count). The van der Waals surface area contributed by atoms with Gasteiger partial charge in [0.1, 0.15) is 5.82 Å². The molecule has 0 saturated carbocycles. The lowest BCUT2D eigenvalue weighted by atomic mass is 10.1. The zero-order chi connectivity index (χ0) is 20.4. The van der Waals surface area contributed by atoms with Crippen molar-refractivity contribution in [1.82, 2.24) is 9.55 Å². The van der Waals surface area contributed by atoms with Crippen LogP contribution in [0, 0.1) is 0 Å². The predicted molar refractivity (Wildman–Crippen MR) is 108 cm³/mol. The summed E-state index contributed by atoms with van der Waals surface area (Å²) in [5.74, 6) is 0.331. The molecule has 0 unspecified atom stereocenters. The van der Waals surface area contributed by atoms with Gasteiger partial charge in [-0.1, -0.05) is 48.5 Å². The fourth-order valence-corrected chi connectivity index (χ4v) is 3.08. The van der Waals surface area contributed by atoms with Gasteiger partial charge in [-0.25, -0.2) is 4.98 Å². The van der Waals surface area contributed by atoms with Crippen LogP contribution in [0.25, 0.3) is 28.7 Å². The Hall–Kier alpha value is -3.67. The minimum absolute atomic E-state index is 0.245. The van der Waals surface area contributed by atoms with Gasteiger partial charge >= 0.3 is 6.18 Å². The predicted octanol–water partition coefficient (Wildman–Crippen LogP) is 5.57. The number of rotatable bonds is 3. The summed E-state index contributed by atoms with van der Waals surface area (Å²) in [7, 11) is 0. The summed E-state index contributed by atoms with van der Waals surface area (Å²) in [6.45, 7) is 0. The van der Waals surface area contributed by atoms with E-state index in [-0.39, 0.29) is 5.56 Å². The number of alkyl halides is 3. The molecule has 0 radical (unpaired) electrons. The summed E-state index contributed by atoms with van der Waals surface area (Å²) in [5.41, 5.74) is 0.534. The van der Waals surface area contributed by atoms with E-state index in [1.54, 1.807) is 60.7 Å². The van der Waals surface area contributed by atoms with Gasteiger partial charge in [-0.15, -0.1) is 0 Å². The molecule has 0 aliphatic carbocycles. The zero-order valence-corrected chi connectivity index (χ0v) is 15.1. The molecule has 0 fully saturated rings. The number of hydrogen-bond donors (Lipinski definition) is 0. The molecule has 4 aromatic rings. The standard InChI is InChI=1S/C23H15F3N2O/c24-23(25,26)17-8-6-7-16(15-17)13-14-21-27-20-12-5-4-11-19(20)22(29)28(21)18-9-2-1-3-10-18/h1-15H/b14-13+. The number of benzene rings is 3. The van der Waals surface area contributed by atoms with Crippen LogP contribution in [0.2, 0.25) is 0 Å². The van der Waals surface area contributed by atoms with Gasteiger partial charge in [0, 0.05) is 0 Å². The highest BCUT2D eigenvalue weighted by molar-refractivity contribution is 5.80. The Morgan fingerprint density at radius 1 is 0.828 bits per heavy atom. The summed E-state index contributed by atoms with van der Waals surface area (Å²) in [6.07, 6.45) is -1.35. The molecule has 1 aromatic heterocycles. The Labute approximate surface area is 164 Å². The molecule has 0 spiro atoms. The van der Waals surface area contributed by atoms with Gasteiger partial charge in [-0.3, -0.25) is 9.36 Å².